The van der Waals surface area contributed by atoms with Gasteiger partial charge in [0, 0.05) is 17.5 Å². The van der Waals surface area contributed by atoms with Crippen molar-refractivity contribution >= 4 is 17.6 Å². The third-order valence-corrected chi connectivity index (χ3v) is 4.79. The number of thiazole rings is 1. The number of hydrogen-bond acceptors (Lipinski definition) is 6. The van der Waals surface area contributed by atoms with E-state index in [-0.39, 0.29) is 5.75 Å². The van der Waals surface area contributed by atoms with Crippen LogP contribution in [0.25, 0.3) is 0 Å². The Morgan fingerprint density at radius 1 is 1.04 bits per heavy atom. The molecule has 0 aliphatic carbocycles. The van der Waals surface area contributed by atoms with Crippen LogP contribution in [0.5, 0.6) is 17.2 Å². The smallest absolute Gasteiger partial charge is 0.205 e. The number of nitrogens with zero attached hydrogens (tertiary/aromatic N) is 3. The van der Waals surface area contributed by atoms with E-state index in [1.165, 1.54) is 35.2 Å². The number of phenolic OH excluding ortho intramolecular Hbond substituents is 3. The van der Waals surface area contributed by atoms with Gasteiger partial charge in [-0.25, -0.2) is 4.68 Å². The molecule has 0 aliphatic rings. The van der Waals surface area contributed by atoms with Crippen molar-refractivity contribution in [1.82, 2.24) is 4.68 Å². The normalized spacial score (nSPS) is 12.1. The highest BCUT2D eigenvalue weighted by Crippen LogP contribution is 2.36. The van der Waals surface area contributed by atoms with E-state index in [9.17, 15) is 15.3 Å². The molecule has 3 N–H and O–H groups in total. The highest BCUT2D eigenvalue weighted by molar-refractivity contribution is 7.07. The van der Waals surface area contributed by atoms with Gasteiger partial charge in [0.2, 0.25) is 10.6 Å². The minimum Gasteiger partial charge on any atom is -0.504 e. The van der Waals surface area contributed by atoms with Crippen LogP contribution < -0.4 is 4.80 Å². The predicted octanol–water partition coefficient (Wildman–Crippen LogP) is 3.00. The minimum absolute atomic E-state index is 0.300. The highest BCUT2D eigenvalue weighted by Gasteiger charge is 2.09. The number of hydrogen-bond donors (Lipinski definition) is 3. The number of aryl methyl sites for hydroxylation is 1. The van der Waals surface area contributed by atoms with E-state index >= 15 is 0 Å². The van der Waals surface area contributed by atoms with Crippen molar-refractivity contribution in [3.8, 4) is 17.2 Å². The van der Waals surface area contributed by atoms with Gasteiger partial charge in [0.05, 0.1) is 11.9 Å². The van der Waals surface area contributed by atoms with Gasteiger partial charge in [0.1, 0.15) is 0 Å². The van der Waals surface area contributed by atoms with Crippen LogP contribution >= 0.6 is 11.3 Å². The van der Waals surface area contributed by atoms with E-state index in [0.717, 1.165) is 16.9 Å². The van der Waals surface area contributed by atoms with Gasteiger partial charge in [-0.1, -0.05) is 30.3 Å². The van der Waals surface area contributed by atoms with Gasteiger partial charge in [-0.3, -0.25) is 4.99 Å². The first-order valence-corrected chi connectivity index (χ1v) is 8.94. The predicted molar refractivity (Wildman–Crippen MR) is 102 cm³/mol. The summed E-state index contributed by atoms with van der Waals surface area (Å²) >= 11 is 1.49. The Morgan fingerprint density at radius 2 is 1.81 bits per heavy atom. The summed E-state index contributed by atoms with van der Waals surface area (Å²) in [4.78, 5) is 5.35. The average Bonchev–Trinajstić information content (AvgIpc) is 3.00. The fourth-order valence-electron chi connectivity index (χ4n) is 2.37. The molecule has 2 aromatic carbocycles. The highest BCUT2D eigenvalue weighted by atomic mass is 32.1. The maximum absolute atomic E-state index is 9.88. The average molecular weight is 369 g/mol. The Labute approximate surface area is 154 Å². The second-order valence-corrected chi connectivity index (χ2v) is 6.54. The van der Waals surface area contributed by atoms with Crippen molar-refractivity contribution in [3.63, 3.8) is 0 Å². The Morgan fingerprint density at radius 3 is 2.58 bits per heavy atom. The van der Waals surface area contributed by atoms with E-state index in [1.807, 2.05) is 30.5 Å². The van der Waals surface area contributed by atoms with Crippen LogP contribution in [0.3, 0.4) is 0 Å². The molecule has 6 nitrogen and oxygen atoms in total. The molecule has 0 spiro atoms. The first-order chi connectivity index (χ1) is 12.6. The van der Waals surface area contributed by atoms with Crippen LogP contribution in [-0.2, 0) is 6.42 Å². The summed E-state index contributed by atoms with van der Waals surface area (Å²) in [5.41, 5.74) is 2.44. The number of aromatic hydroxyl groups is 3. The van der Waals surface area contributed by atoms with Crippen LogP contribution in [0.15, 0.2) is 57.9 Å². The molecule has 0 saturated carbocycles. The molecule has 1 aromatic heterocycles. The fourth-order valence-corrected chi connectivity index (χ4v) is 3.20. The van der Waals surface area contributed by atoms with Gasteiger partial charge >= 0.3 is 0 Å². The van der Waals surface area contributed by atoms with Crippen LogP contribution in [-0.4, -0.2) is 32.8 Å². The molecule has 0 fully saturated rings. The van der Waals surface area contributed by atoms with E-state index in [4.69, 9.17) is 0 Å². The molecule has 0 atom stereocenters. The summed E-state index contributed by atoms with van der Waals surface area (Å²) in [6.45, 7) is 2.56. The van der Waals surface area contributed by atoms with Gasteiger partial charge in [-0.15, -0.1) is 11.3 Å². The third kappa shape index (κ3) is 3.94. The second-order valence-electron chi connectivity index (χ2n) is 5.70. The maximum Gasteiger partial charge on any atom is 0.205 e. The lowest BCUT2D eigenvalue weighted by atomic mass is 10.2. The zero-order chi connectivity index (χ0) is 18.5. The van der Waals surface area contributed by atoms with Gasteiger partial charge in [-0.05, 0) is 31.0 Å². The molecule has 26 heavy (non-hydrogen) atoms. The Balaban J connectivity index is 1.82. The number of phenols is 3. The molecule has 7 heteroatoms. The second kappa shape index (κ2) is 7.88. The molecule has 1 heterocycles. The lowest BCUT2D eigenvalue weighted by molar-refractivity contribution is 0.367. The Hall–Kier alpha value is -3.06. The van der Waals surface area contributed by atoms with Gasteiger partial charge in [-0.2, -0.15) is 5.10 Å². The monoisotopic (exact) mass is 369 g/mol. The van der Waals surface area contributed by atoms with Crippen molar-refractivity contribution in [2.24, 2.45) is 10.1 Å². The number of aromatic nitrogens is 1. The largest absolute Gasteiger partial charge is 0.504 e. The van der Waals surface area contributed by atoms with Crippen LogP contribution in [0.1, 0.15) is 16.8 Å². The van der Waals surface area contributed by atoms with Crippen molar-refractivity contribution in [3.05, 3.63) is 69.5 Å². The first-order valence-electron chi connectivity index (χ1n) is 8.06. The summed E-state index contributed by atoms with van der Waals surface area (Å²) in [5.74, 6) is -1.35. The van der Waals surface area contributed by atoms with Crippen molar-refractivity contribution < 1.29 is 15.3 Å². The molecule has 0 amide bonds. The molecule has 3 rings (SSSR count). The molecule has 3 aromatic rings. The third-order valence-electron chi connectivity index (χ3n) is 3.81. The molecule has 0 saturated heterocycles. The Kier molecular flexibility index (Phi) is 5.38. The molecule has 0 bridgehead atoms. The number of benzene rings is 2. The zero-order valence-electron chi connectivity index (χ0n) is 14.2. The topological polar surface area (TPSA) is 90.3 Å². The molecule has 0 radical (unpaired) electrons. The first kappa shape index (κ1) is 17.8. The lowest BCUT2D eigenvalue weighted by Gasteiger charge is -2.04. The molecular formula is C19H19N3O3S. The zero-order valence-corrected chi connectivity index (χ0v) is 15.0. The van der Waals surface area contributed by atoms with Crippen molar-refractivity contribution in [2.45, 2.75) is 13.3 Å². The number of rotatable bonds is 5. The maximum atomic E-state index is 9.88. The van der Waals surface area contributed by atoms with Crippen LogP contribution in [0.2, 0.25) is 0 Å². The lowest BCUT2D eigenvalue weighted by Crippen LogP contribution is -2.13. The van der Waals surface area contributed by atoms with E-state index < -0.39 is 11.5 Å². The van der Waals surface area contributed by atoms with E-state index in [1.54, 1.807) is 4.68 Å². The summed E-state index contributed by atoms with van der Waals surface area (Å²) in [6.07, 6.45) is 2.26. The molecular weight excluding hydrogens is 350 g/mol. The fraction of sp³-hybridized carbons (Fsp3) is 0.158. The quantitative estimate of drug-likeness (QED) is 0.477. The summed E-state index contributed by atoms with van der Waals surface area (Å²) < 4.78 is 1.68. The van der Waals surface area contributed by atoms with Crippen LogP contribution in [0.4, 0.5) is 0 Å². The SMILES string of the molecule is Cc1csc(=NCCc2ccccc2)n1N=Cc1ccc(O)c(O)c1O. The van der Waals surface area contributed by atoms with Gasteiger partial charge < -0.3 is 15.3 Å². The van der Waals surface area contributed by atoms with Gasteiger partial charge in [0.25, 0.3) is 0 Å². The van der Waals surface area contributed by atoms with Crippen molar-refractivity contribution in [2.75, 3.05) is 6.54 Å². The molecule has 0 unspecified atom stereocenters. The summed E-state index contributed by atoms with van der Waals surface area (Å²) in [7, 11) is 0. The minimum atomic E-state index is -0.561. The van der Waals surface area contributed by atoms with E-state index in [0.29, 0.717) is 12.1 Å². The summed E-state index contributed by atoms with van der Waals surface area (Å²) in [6, 6.07) is 12.9. The van der Waals surface area contributed by atoms with Crippen molar-refractivity contribution in [1.29, 1.82) is 0 Å². The van der Waals surface area contributed by atoms with E-state index in [2.05, 4.69) is 22.2 Å². The summed E-state index contributed by atoms with van der Waals surface area (Å²) in [5, 5.41) is 35.2. The standard InChI is InChI=1S/C19H19N3O3S/c1-13-12-26-19(20-10-9-14-5-3-2-4-6-14)22(13)21-11-15-7-8-16(23)18(25)17(15)24/h2-8,11-12,23-25H,9-10H2,1H3. The Bertz CT molecular complexity index is 991. The molecule has 0 aliphatic heterocycles. The molecule has 134 valence electrons. The van der Waals surface area contributed by atoms with Gasteiger partial charge in [0.15, 0.2) is 11.5 Å². The van der Waals surface area contributed by atoms with Crippen LogP contribution in [0, 0.1) is 6.92 Å².